The van der Waals surface area contributed by atoms with Crippen LogP contribution in [-0.4, -0.2) is 39.5 Å². The minimum absolute atomic E-state index is 0.0696. The second-order valence-corrected chi connectivity index (χ2v) is 11.2. The zero-order valence-electron chi connectivity index (χ0n) is 16.3. The van der Waals surface area contributed by atoms with Gasteiger partial charge in [0.05, 0.1) is 21.2 Å². The lowest BCUT2D eigenvalue weighted by molar-refractivity contribution is 0.471. The van der Waals surface area contributed by atoms with E-state index in [9.17, 15) is 39.5 Å². The molecule has 0 aliphatic heterocycles. The number of benzene rings is 3. The number of aromatic hydroxyl groups is 1. The van der Waals surface area contributed by atoms with E-state index in [0.717, 1.165) is 17.5 Å². The second kappa shape index (κ2) is 8.20. The highest BCUT2D eigenvalue weighted by molar-refractivity contribution is 7.94. The topological polar surface area (TPSA) is 214 Å². The average molecular weight is 514 g/mol. The smallest absolute Gasteiger partial charge is 0.296 e. The molecule has 0 radical (unpaired) electrons. The Balaban J connectivity index is 2.23. The molecule has 3 aromatic rings. The van der Waals surface area contributed by atoms with Gasteiger partial charge in [-0.05, 0) is 41.8 Å². The maximum atomic E-state index is 11.9. The predicted octanol–water partition coefficient (Wildman–Crippen LogP) is 2.95. The molecule has 0 aromatic heterocycles. The van der Waals surface area contributed by atoms with Gasteiger partial charge in [-0.1, -0.05) is 6.58 Å². The molecule has 174 valence electrons. The van der Waals surface area contributed by atoms with Crippen LogP contribution in [0.15, 0.2) is 79.4 Å². The molecule has 0 bridgehead atoms. The fourth-order valence-electron chi connectivity index (χ4n) is 2.85. The van der Waals surface area contributed by atoms with Crippen molar-refractivity contribution in [1.82, 2.24) is 0 Å². The summed E-state index contributed by atoms with van der Waals surface area (Å²) in [5.74, 6) is -0.713. The zero-order valence-corrected chi connectivity index (χ0v) is 18.8. The average Bonchev–Trinajstić information content (AvgIpc) is 2.71. The monoisotopic (exact) mass is 513 g/mol. The molecule has 5 N–H and O–H groups in total. The summed E-state index contributed by atoms with van der Waals surface area (Å²) in [7, 11) is -13.4. The van der Waals surface area contributed by atoms with Crippen molar-refractivity contribution >= 4 is 57.9 Å². The number of nitrogens with zero attached hydrogens (tertiary/aromatic N) is 2. The van der Waals surface area contributed by atoms with Gasteiger partial charge in [0.25, 0.3) is 20.2 Å². The van der Waals surface area contributed by atoms with Crippen LogP contribution in [-0.2, 0) is 30.1 Å². The summed E-state index contributed by atoms with van der Waals surface area (Å²) in [5, 5.41) is 18.1. The number of hydrogen-bond acceptors (Lipinski definition) is 10. The van der Waals surface area contributed by atoms with Gasteiger partial charge in [0.1, 0.15) is 16.3 Å². The van der Waals surface area contributed by atoms with Crippen molar-refractivity contribution in [3.8, 4) is 5.75 Å². The van der Waals surface area contributed by atoms with Crippen molar-refractivity contribution in [3.63, 3.8) is 0 Å². The highest BCUT2D eigenvalue weighted by Crippen LogP contribution is 2.43. The van der Waals surface area contributed by atoms with Crippen LogP contribution in [0.1, 0.15) is 0 Å². The Kier molecular flexibility index (Phi) is 6.03. The molecule has 12 nitrogen and oxygen atoms in total. The summed E-state index contributed by atoms with van der Waals surface area (Å²) in [6.07, 6.45) is 0. The Morgan fingerprint density at radius 3 is 1.97 bits per heavy atom. The van der Waals surface area contributed by atoms with Gasteiger partial charge in [0.2, 0.25) is 0 Å². The van der Waals surface area contributed by atoms with E-state index in [1.807, 2.05) is 0 Å². The molecule has 0 saturated heterocycles. The lowest BCUT2D eigenvalue weighted by Gasteiger charge is -2.12. The van der Waals surface area contributed by atoms with Crippen LogP contribution < -0.4 is 5.73 Å². The highest BCUT2D eigenvalue weighted by atomic mass is 32.2. The van der Waals surface area contributed by atoms with Crippen LogP contribution in [0.2, 0.25) is 0 Å². The van der Waals surface area contributed by atoms with Gasteiger partial charge in [0, 0.05) is 16.9 Å². The number of azo groups is 1. The van der Waals surface area contributed by atoms with Crippen molar-refractivity contribution in [2.24, 2.45) is 10.2 Å². The first-order chi connectivity index (χ1) is 15.1. The number of nitrogens with two attached hydrogens (primary N) is 1. The van der Waals surface area contributed by atoms with E-state index < -0.39 is 57.0 Å². The zero-order chi connectivity index (χ0) is 24.8. The fourth-order valence-corrected chi connectivity index (χ4v) is 4.76. The molecule has 0 aliphatic rings. The lowest BCUT2D eigenvalue weighted by Crippen LogP contribution is -2.03. The third-order valence-corrected chi connectivity index (χ3v) is 7.46. The molecule has 0 heterocycles. The van der Waals surface area contributed by atoms with E-state index in [-0.39, 0.29) is 21.4 Å². The van der Waals surface area contributed by atoms with E-state index in [2.05, 4.69) is 16.8 Å². The van der Waals surface area contributed by atoms with Crippen LogP contribution >= 0.6 is 0 Å². The Morgan fingerprint density at radius 1 is 0.848 bits per heavy atom. The molecule has 3 rings (SSSR count). The van der Waals surface area contributed by atoms with Gasteiger partial charge in [-0.25, -0.2) is 8.42 Å². The lowest BCUT2D eigenvalue weighted by atomic mass is 10.1. The maximum Gasteiger partial charge on any atom is 0.296 e. The largest absolute Gasteiger partial charge is 0.507 e. The summed E-state index contributed by atoms with van der Waals surface area (Å²) in [6.45, 7) is 3.21. The third kappa shape index (κ3) is 4.86. The summed E-state index contributed by atoms with van der Waals surface area (Å²) >= 11 is 0. The molecule has 0 unspecified atom stereocenters. The molecule has 0 amide bonds. The van der Waals surface area contributed by atoms with E-state index in [1.165, 1.54) is 24.3 Å². The third-order valence-electron chi connectivity index (χ3n) is 4.39. The molecular weight excluding hydrogens is 498 g/mol. The normalized spacial score (nSPS) is 12.9. The maximum absolute atomic E-state index is 11.9. The molecule has 0 spiro atoms. The van der Waals surface area contributed by atoms with Gasteiger partial charge >= 0.3 is 0 Å². The molecule has 0 fully saturated rings. The van der Waals surface area contributed by atoms with E-state index >= 15 is 0 Å². The first-order valence-electron chi connectivity index (χ1n) is 8.58. The number of fused-ring (bicyclic) bond motifs is 1. The molecule has 33 heavy (non-hydrogen) atoms. The summed E-state index contributed by atoms with van der Waals surface area (Å²) in [5.41, 5.74) is 5.01. The number of phenolic OH excluding ortho intramolecular Hbond substituents is 1. The molecule has 3 aromatic carbocycles. The fraction of sp³-hybridized carbons (Fsp3) is 0. The molecule has 15 heteroatoms. The van der Waals surface area contributed by atoms with Crippen LogP contribution in [0.3, 0.4) is 0 Å². The van der Waals surface area contributed by atoms with Gasteiger partial charge in [-0.3, -0.25) is 9.11 Å². The minimum atomic E-state index is -4.96. The predicted molar refractivity (Wildman–Crippen MR) is 118 cm³/mol. The number of sulfone groups is 1. The highest BCUT2D eigenvalue weighted by Gasteiger charge is 2.24. The Hall–Kier alpha value is -3.37. The van der Waals surface area contributed by atoms with Crippen LogP contribution in [0, 0.1) is 0 Å². The summed E-state index contributed by atoms with van der Waals surface area (Å²) < 4.78 is 89.0. The van der Waals surface area contributed by atoms with Gasteiger partial charge in [-0.2, -0.15) is 21.9 Å². The van der Waals surface area contributed by atoms with Crippen molar-refractivity contribution in [2.75, 3.05) is 5.73 Å². The Bertz CT molecular complexity index is 1640. The first-order valence-corrected chi connectivity index (χ1v) is 13.0. The molecule has 0 saturated carbocycles. The SMILES string of the molecule is C=CS(=O)(=O)c1ccc(N=Nc2c(S(=O)(=O)O)cc3cc(S(=O)(=O)O)cc(O)c3c2N)cc1. The van der Waals surface area contributed by atoms with E-state index in [4.69, 9.17) is 5.73 Å². The molecule has 0 aliphatic carbocycles. The van der Waals surface area contributed by atoms with E-state index in [1.54, 1.807) is 0 Å². The number of phenols is 1. The number of anilines is 1. The van der Waals surface area contributed by atoms with Crippen LogP contribution in [0.5, 0.6) is 5.75 Å². The molecular formula is C18H15N3O9S3. The second-order valence-electron chi connectivity index (χ2n) is 6.53. The molecule has 0 atom stereocenters. The van der Waals surface area contributed by atoms with Crippen molar-refractivity contribution in [1.29, 1.82) is 0 Å². The summed E-state index contributed by atoms with van der Waals surface area (Å²) in [6, 6.07) is 7.28. The van der Waals surface area contributed by atoms with Crippen molar-refractivity contribution < 1.29 is 39.5 Å². The first kappa shape index (κ1) is 24.3. The number of rotatable bonds is 6. The van der Waals surface area contributed by atoms with E-state index in [0.29, 0.717) is 6.07 Å². The standard InChI is InChI=1S/C18H15N3O9S3/c1-2-31(23,24)12-5-3-11(4-6-12)20-21-18-15(33(28,29)30)8-10-7-13(32(25,26)27)9-14(22)16(10)17(18)19/h2-9,22H,1,19H2,(H,25,26,27)(H,28,29,30). The quantitative estimate of drug-likeness (QED) is 0.215. The van der Waals surface area contributed by atoms with Crippen molar-refractivity contribution in [2.45, 2.75) is 14.7 Å². The van der Waals surface area contributed by atoms with Gasteiger partial charge in [-0.15, -0.1) is 5.11 Å². The Morgan fingerprint density at radius 2 is 1.45 bits per heavy atom. The summed E-state index contributed by atoms with van der Waals surface area (Å²) in [4.78, 5) is -1.66. The Labute approximate surface area is 188 Å². The van der Waals surface area contributed by atoms with Crippen molar-refractivity contribution in [3.05, 3.63) is 54.5 Å². The minimum Gasteiger partial charge on any atom is -0.507 e. The number of nitrogen functional groups attached to an aromatic ring is 1. The number of hydrogen-bond donors (Lipinski definition) is 4. The van der Waals surface area contributed by atoms with Gasteiger partial charge < -0.3 is 10.8 Å². The van der Waals surface area contributed by atoms with Crippen LogP contribution in [0.25, 0.3) is 10.8 Å². The van der Waals surface area contributed by atoms with Gasteiger partial charge in [0.15, 0.2) is 9.84 Å². The van der Waals surface area contributed by atoms with Crippen LogP contribution in [0.4, 0.5) is 17.1 Å².